The smallest absolute Gasteiger partial charge is 0.327 e. The van der Waals surface area contributed by atoms with E-state index in [-0.39, 0.29) is 12.4 Å². The van der Waals surface area contributed by atoms with Crippen LogP contribution in [0.5, 0.6) is 5.75 Å². The number of carbonyl (C=O) groups is 1. The van der Waals surface area contributed by atoms with Crippen molar-refractivity contribution in [2.75, 3.05) is 10.8 Å². The van der Waals surface area contributed by atoms with Gasteiger partial charge in [0, 0.05) is 4.47 Å². The number of nitrogens with zero attached hydrogens (tertiary/aromatic N) is 1. The molecule has 0 aliphatic heterocycles. The molecular formula is C19H22BrFN2O5S. The van der Waals surface area contributed by atoms with Gasteiger partial charge in [0.1, 0.15) is 30.2 Å². The summed E-state index contributed by atoms with van der Waals surface area (Å²) in [7, 11) is -4.51. The van der Waals surface area contributed by atoms with E-state index in [1.165, 1.54) is 6.07 Å². The van der Waals surface area contributed by atoms with Gasteiger partial charge in [-0.3, -0.25) is 4.79 Å². The Morgan fingerprint density at radius 3 is 2.38 bits per heavy atom. The standard InChI is InChI=1S/C19H22BrFN2O5S/c1-19(2,3)28-17(24)11-23(29(22,25)26)18-15(21)9-14(20)10-16(18)27-12-13-7-5-4-6-8-13/h4-10H,11-12H2,1-3H3,(H2,22,25,26). The van der Waals surface area contributed by atoms with Crippen LogP contribution >= 0.6 is 15.9 Å². The third kappa shape index (κ3) is 6.98. The Labute approximate surface area is 177 Å². The molecule has 2 rings (SSSR count). The first kappa shape index (κ1) is 23.1. The van der Waals surface area contributed by atoms with Crippen LogP contribution in [0.2, 0.25) is 0 Å². The zero-order valence-corrected chi connectivity index (χ0v) is 18.6. The third-order valence-corrected chi connectivity index (χ3v) is 4.86. The average molecular weight is 489 g/mol. The maximum atomic E-state index is 14.8. The maximum Gasteiger partial charge on any atom is 0.327 e. The molecule has 0 bridgehead atoms. The molecule has 0 amide bonds. The number of rotatable bonds is 7. The van der Waals surface area contributed by atoms with E-state index in [0.717, 1.165) is 11.6 Å². The van der Waals surface area contributed by atoms with Gasteiger partial charge in [-0.1, -0.05) is 46.3 Å². The molecule has 0 radical (unpaired) electrons. The van der Waals surface area contributed by atoms with Crippen molar-refractivity contribution in [2.45, 2.75) is 33.0 Å². The minimum atomic E-state index is -4.51. The second kappa shape index (κ2) is 9.10. The summed E-state index contributed by atoms with van der Waals surface area (Å²) in [4.78, 5) is 12.2. The lowest BCUT2D eigenvalue weighted by Gasteiger charge is -2.26. The minimum absolute atomic E-state index is 0.0502. The van der Waals surface area contributed by atoms with Gasteiger partial charge in [-0.05, 0) is 38.5 Å². The molecule has 0 saturated carbocycles. The van der Waals surface area contributed by atoms with Crippen LogP contribution in [0.3, 0.4) is 0 Å². The largest absolute Gasteiger partial charge is 0.487 e. The van der Waals surface area contributed by atoms with Gasteiger partial charge in [0.2, 0.25) is 0 Å². The van der Waals surface area contributed by atoms with E-state index < -0.39 is 39.8 Å². The summed E-state index contributed by atoms with van der Waals surface area (Å²) >= 11 is 3.15. The normalized spacial score (nSPS) is 11.8. The van der Waals surface area contributed by atoms with E-state index in [9.17, 15) is 17.6 Å². The number of benzene rings is 2. The van der Waals surface area contributed by atoms with E-state index >= 15 is 0 Å². The number of halogens is 2. The minimum Gasteiger partial charge on any atom is -0.487 e. The van der Waals surface area contributed by atoms with Crippen molar-refractivity contribution in [2.24, 2.45) is 5.14 Å². The highest BCUT2D eigenvalue weighted by atomic mass is 79.9. The monoisotopic (exact) mass is 488 g/mol. The fourth-order valence-corrected chi connectivity index (χ4v) is 3.54. The molecule has 0 atom stereocenters. The van der Waals surface area contributed by atoms with Crippen molar-refractivity contribution in [1.82, 2.24) is 0 Å². The number of nitrogens with two attached hydrogens (primary N) is 1. The summed E-state index contributed by atoms with van der Waals surface area (Å²) < 4.78 is 50.7. The fourth-order valence-electron chi connectivity index (χ4n) is 2.42. The Hall–Kier alpha value is -2.17. The Bertz CT molecular complexity index is 978. The van der Waals surface area contributed by atoms with E-state index in [0.29, 0.717) is 8.78 Å². The van der Waals surface area contributed by atoms with Gasteiger partial charge in [0.15, 0.2) is 5.82 Å². The molecule has 29 heavy (non-hydrogen) atoms. The first-order valence-electron chi connectivity index (χ1n) is 8.55. The van der Waals surface area contributed by atoms with Crippen LogP contribution in [0.1, 0.15) is 26.3 Å². The number of hydrogen-bond acceptors (Lipinski definition) is 5. The summed E-state index contributed by atoms with van der Waals surface area (Å²) in [6, 6.07) is 11.5. The molecule has 0 heterocycles. The molecule has 0 fully saturated rings. The summed E-state index contributed by atoms with van der Waals surface area (Å²) in [6.07, 6.45) is 0. The molecule has 2 aromatic rings. The first-order valence-corrected chi connectivity index (χ1v) is 10.8. The molecule has 0 aliphatic rings. The van der Waals surface area contributed by atoms with Crippen molar-refractivity contribution in [3.05, 3.63) is 58.3 Å². The molecule has 10 heteroatoms. The zero-order chi connectivity index (χ0) is 21.8. The number of hydrogen-bond donors (Lipinski definition) is 1. The number of anilines is 1. The summed E-state index contributed by atoms with van der Waals surface area (Å²) in [5.74, 6) is -1.92. The van der Waals surface area contributed by atoms with Crippen molar-refractivity contribution >= 4 is 37.8 Å². The van der Waals surface area contributed by atoms with Gasteiger partial charge in [-0.25, -0.2) is 13.8 Å². The Kier molecular flexibility index (Phi) is 7.25. The van der Waals surface area contributed by atoms with Gasteiger partial charge < -0.3 is 9.47 Å². The molecule has 7 nitrogen and oxygen atoms in total. The van der Waals surface area contributed by atoms with E-state index in [1.54, 1.807) is 45.0 Å². The Balaban J connectivity index is 2.42. The summed E-state index contributed by atoms with van der Waals surface area (Å²) in [5, 5.41) is 5.26. The molecule has 0 aliphatic carbocycles. The molecule has 0 aromatic heterocycles. The number of carbonyl (C=O) groups excluding carboxylic acids is 1. The lowest BCUT2D eigenvalue weighted by atomic mass is 10.2. The van der Waals surface area contributed by atoms with Crippen molar-refractivity contribution in [1.29, 1.82) is 0 Å². The molecule has 0 saturated heterocycles. The molecule has 2 N–H and O–H groups in total. The Morgan fingerprint density at radius 1 is 1.21 bits per heavy atom. The lowest BCUT2D eigenvalue weighted by Crippen LogP contribution is -2.43. The van der Waals surface area contributed by atoms with Crippen LogP contribution in [-0.4, -0.2) is 26.5 Å². The SMILES string of the molecule is CC(C)(C)OC(=O)CN(c1c(F)cc(Br)cc1OCc1ccccc1)S(N)(=O)=O. The second-order valence-electron chi connectivity index (χ2n) is 7.15. The molecule has 0 spiro atoms. The quantitative estimate of drug-likeness (QED) is 0.601. The Morgan fingerprint density at radius 2 is 1.83 bits per heavy atom. The van der Waals surface area contributed by atoms with Gasteiger partial charge in [-0.2, -0.15) is 8.42 Å². The van der Waals surface area contributed by atoms with Gasteiger partial charge >= 0.3 is 5.97 Å². The third-order valence-electron chi connectivity index (χ3n) is 3.48. The van der Waals surface area contributed by atoms with Gasteiger partial charge in [-0.15, -0.1) is 0 Å². The van der Waals surface area contributed by atoms with Crippen LogP contribution < -0.4 is 14.2 Å². The summed E-state index contributed by atoms with van der Waals surface area (Å²) in [6.45, 7) is 4.12. The van der Waals surface area contributed by atoms with E-state index in [1.807, 2.05) is 6.07 Å². The number of esters is 1. The molecule has 0 unspecified atom stereocenters. The molecule has 158 valence electrons. The highest BCUT2D eigenvalue weighted by molar-refractivity contribution is 9.10. The van der Waals surface area contributed by atoms with Gasteiger partial charge in [0.05, 0.1) is 0 Å². The van der Waals surface area contributed by atoms with Crippen LogP contribution in [0, 0.1) is 5.82 Å². The number of ether oxygens (including phenoxy) is 2. The molecular weight excluding hydrogens is 467 g/mol. The predicted molar refractivity (Wildman–Crippen MR) is 111 cm³/mol. The first-order chi connectivity index (χ1) is 13.4. The lowest BCUT2D eigenvalue weighted by molar-refractivity contribution is -0.152. The molecule has 2 aromatic carbocycles. The van der Waals surface area contributed by atoms with Crippen molar-refractivity contribution < 1.29 is 27.1 Å². The highest BCUT2D eigenvalue weighted by Crippen LogP contribution is 2.36. The topological polar surface area (TPSA) is 98.9 Å². The zero-order valence-electron chi connectivity index (χ0n) is 16.2. The predicted octanol–water partition coefficient (Wildman–Crippen LogP) is 3.52. The van der Waals surface area contributed by atoms with E-state index in [4.69, 9.17) is 14.6 Å². The maximum absolute atomic E-state index is 14.8. The average Bonchev–Trinajstić information content (AvgIpc) is 2.56. The summed E-state index contributed by atoms with van der Waals surface area (Å²) in [5.41, 5.74) is -0.544. The van der Waals surface area contributed by atoms with Crippen LogP contribution in [0.15, 0.2) is 46.9 Å². The van der Waals surface area contributed by atoms with Crippen molar-refractivity contribution in [3.8, 4) is 5.75 Å². The fraction of sp³-hybridized carbons (Fsp3) is 0.316. The van der Waals surface area contributed by atoms with Crippen molar-refractivity contribution in [3.63, 3.8) is 0 Å². The highest BCUT2D eigenvalue weighted by Gasteiger charge is 2.30. The van der Waals surface area contributed by atoms with E-state index in [2.05, 4.69) is 15.9 Å². The van der Waals surface area contributed by atoms with Crippen LogP contribution in [0.25, 0.3) is 0 Å². The van der Waals surface area contributed by atoms with Crippen LogP contribution in [0.4, 0.5) is 10.1 Å². The van der Waals surface area contributed by atoms with Gasteiger partial charge in [0.25, 0.3) is 10.2 Å². The van der Waals surface area contributed by atoms with Crippen LogP contribution in [-0.2, 0) is 26.3 Å². The second-order valence-corrected chi connectivity index (χ2v) is 9.53.